The van der Waals surface area contributed by atoms with Crippen molar-refractivity contribution in [3.8, 4) is 11.5 Å². The molecule has 3 atom stereocenters. The van der Waals surface area contributed by atoms with Gasteiger partial charge in [0.05, 0.1) is 6.04 Å². The van der Waals surface area contributed by atoms with E-state index < -0.39 is 18.4 Å². The van der Waals surface area contributed by atoms with Crippen LogP contribution in [-0.2, 0) is 4.79 Å². The number of amides is 1. The molecule has 1 aromatic rings. The number of ether oxygens (including phenoxy) is 2. The van der Waals surface area contributed by atoms with E-state index in [0.717, 1.165) is 32.1 Å². The van der Waals surface area contributed by atoms with Crippen molar-refractivity contribution in [3.05, 3.63) is 23.8 Å². The van der Waals surface area contributed by atoms with Gasteiger partial charge in [-0.2, -0.15) is 0 Å². The summed E-state index contributed by atoms with van der Waals surface area (Å²) >= 11 is 0. The molecule has 0 spiro atoms. The molecule has 1 amide bonds. The zero-order valence-corrected chi connectivity index (χ0v) is 17.9. The van der Waals surface area contributed by atoms with Crippen molar-refractivity contribution in [2.24, 2.45) is 0 Å². The van der Waals surface area contributed by atoms with Gasteiger partial charge in [-0.1, -0.05) is 38.7 Å². The van der Waals surface area contributed by atoms with Crippen molar-refractivity contribution in [3.63, 3.8) is 0 Å². The monoisotopic (exact) mass is 422 g/mol. The van der Waals surface area contributed by atoms with Crippen LogP contribution < -0.4 is 14.8 Å². The molecule has 0 bridgehead atoms. The first kappa shape index (κ1) is 22.8. The summed E-state index contributed by atoms with van der Waals surface area (Å²) in [5.41, 5.74) is 0.627. The molecule has 0 aromatic heterocycles. The van der Waals surface area contributed by atoms with Crippen LogP contribution in [0.1, 0.15) is 70.0 Å². The summed E-state index contributed by atoms with van der Waals surface area (Å²) in [4.78, 5) is 14.2. The maximum atomic E-state index is 14.2. The number of unbranched alkanes of at least 4 members (excludes halogenated alkanes) is 4. The van der Waals surface area contributed by atoms with Gasteiger partial charge in [-0.25, -0.2) is 4.39 Å². The Hall–Kier alpha value is -1.86. The van der Waals surface area contributed by atoms with Crippen LogP contribution >= 0.6 is 0 Å². The Balaban J connectivity index is 1.64. The van der Waals surface area contributed by atoms with Crippen LogP contribution in [0.3, 0.4) is 0 Å². The Kier molecular flexibility index (Phi) is 8.75. The number of nitrogens with one attached hydrogen (secondary N) is 1. The highest BCUT2D eigenvalue weighted by Gasteiger charge is 2.31. The number of alkyl halides is 1. The van der Waals surface area contributed by atoms with Gasteiger partial charge in [-0.15, -0.1) is 0 Å². The van der Waals surface area contributed by atoms with Crippen LogP contribution in [0.2, 0.25) is 0 Å². The lowest BCUT2D eigenvalue weighted by molar-refractivity contribution is -0.123. The minimum absolute atomic E-state index is 0.0947. The Morgan fingerprint density at radius 3 is 2.73 bits per heavy atom. The van der Waals surface area contributed by atoms with Gasteiger partial charge in [-0.3, -0.25) is 9.69 Å². The summed E-state index contributed by atoms with van der Waals surface area (Å²) in [6.45, 7) is 4.03. The van der Waals surface area contributed by atoms with Crippen molar-refractivity contribution >= 4 is 5.91 Å². The third-order valence-corrected chi connectivity index (χ3v) is 5.86. The van der Waals surface area contributed by atoms with Crippen molar-refractivity contribution in [1.29, 1.82) is 0 Å². The van der Waals surface area contributed by atoms with Crippen molar-refractivity contribution < 1.29 is 23.8 Å². The lowest BCUT2D eigenvalue weighted by atomic mass is 10.0. The summed E-state index contributed by atoms with van der Waals surface area (Å²) in [5, 5.41) is 14.0. The molecule has 0 saturated carbocycles. The van der Waals surface area contributed by atoms with E-state index >= 15 is 0 Å². The van der Waals surface area contributed by atoms with Crippen molar-refractivity contribution in [2.45, 2.75) is 76.7 Å². The molecule has 168 valence electrons. The van der Waals surface area contributed by atoms with Gasteiger partial charge in [0, 0.05) is 19.5 Å². The van der Waals surface area contributed by atoms with E-state index in [4.69, 9.17) is 9.47 Å². The molecule has 1 saturated heterocycles. The Morgan fingerprint density at radius 2 is 2.00 bits per heavy atom. The van der Waals surface area contributed by atoms with E-state index in [0.29, 0.717) is 49.7 Å². The van der Waals surface area contributed by atoms with Gasteiger partial charge < -0.3 is 19.9 Å². The van der Waals surface area contributed by atoms with E-state index in [1.54, 1.807) is 23.1 Å². The number of likely N-dealkylation sites (tertiary alicyclic amines) is 1. The second-order valence-corrected chi connectivity index (χ2v) is 8.26. The molecule has 2 N–H and O–H groups in total. The summed E-state index contributed by atoms with van der Waals surface area (Å²) < 4.78 is 25.4. The molecule has 1 unspecified atom stereocenters. The number of nitrogens with zero attached hydrogens (tertiary/aromatic N) is 1. The molecular weight excluding hydrogens is 387 g/mol. The predicted molar refractivity (Wildman–Crippen MR) is 113 cm³/mol. The minimum Gasteiger partial charge on any atom is -0.486 e. The maximum absolute atomic E-state index is 14.2. The SMILES string of the molecule is CCCCCCCC(=O)N[C@H](CN1CCCC1F)[C@H](O)c1ccc2c(c1)OCCO2. The molecule has 1 fully saturated rings. The zero-order chi connectivity index (χ0) is 21.3. The first-order chi connectivity index (χ1) is 14.6. The largest absolute Gasteiger partial charge is 0.486 e. The first-order valence-electron chi connectivity index (χ1n) is 11.3. The molecule has 2 aliphatic rings. The average Bonchev–Trinajstić information content (AvgIpc) is 3.16. The van der Waals surface area contributed by atoms with Crippen molar-refractivity contribution in [2.75, 3.05) is 26.3 Å². The first-order valence-corrected chi connectivity index (χ1v) is 11.3. The fourth-order valence-corrected chi connectivity index (χ4v) is 4.11. The number of halogens is 1. The molecule has 0 aliphatic carbocycles. The molecule has 2 heterocycles. The number of aliphatic hydroxyl groups excluding tert-OH is 1. The number of benzene rings is 1. The van der Waals surface area contributed by atoms with E-state index in [1.807, 2.05) is 0 Å². The molecular formula is C23H35FN2O4. The van der Waals surface area contributed by atoms with Gasteiger partial charge >= 0.3 is 0 Å². The number of aliphatic hydroxyl groups is 1. The van der Waals surface area contributed by atoms with E-state index in [-0.39, 0.29) is 12.5 Å². The number of hydrogen-bond donors (Lipinski definition) is 2. The second kappa shape index (κ2) is 11.5. The van der Waals surface area contributed by atoms with Crippen LogP contribution in [0.5, 0.6) is 11.5 Å². The zero-order valence-electron chi connectivity index (χ0n) is 17.9. The number of fused-ring (bicyclic) bond motifs is 1. The standard InChI is InChI=1S/C23H35FN2O4/c1-2-3-4-5-6-9-22(27)25-18(16-26-12-7-8-21(26)24)23(28)17-10-11-19-20(15-17)30-14-13-29-19/h10-11,15,18,21,23,28H,2-9,12-14,16H2,1H3,(H,25,27)/t18-,21?,23-/m1/s1. The highest BCUT2D eigenvalue weighted by molar-refractivity contribution is 5.76. The fraction of sp³-hybridized carbons (Fsp3) is 0.696. The lowest BCUT2D eigenvalue weighted by Crippen LogP contribution is -2.47. The molecule has 0 radical (unpaired) electrons. The molecule has 2 aliphatic heterocycles. The molecule has 1 aromatic carbocycles. The summed E-state index contributed by atoms with van der Waals surface area (Å²) in [6.07, 6.45) is 5.05. The number of carbonyl (C=O) groups excluding carboxylic acids is 1. The highest BCUT2D eigenvalue weighted by atomic mass is 19.1. The predicted octanol–water partition coefficient (Wildman–Crippen LogP) is 3.73. The summed E-state index contributed by atoms with van der Waals surface area (Å²) in [7, 11) is 0. The van der Waals surface area contributed by atoms with Gasteiger partial charge in [0.25, 0.3) is 0 Å². The van der Waals surface area contributed by atoms with Crippen molar-refractivity contribution in [1.82, 2.24) is 10.2 Å². The third-order valence-electron chi connectivity index (χ3n) is 5.86. The average molecular weight is 423 g/mol. The number of rotatable bonds is 11. The van der Waals surface area contributed by atoms with E-state index in [2.05, 4.69) is 12.2 Å². The third kappa shape index (κ3) is 6.32. The van der Waals surface area contributed by atoms with Crippen LogP contribution in [0.15, 0.2) is 18.2 Å². The Bertz CT molecular complexity index is 687. The molecule has 6 nitrogen and oxygen atoms in total. The quantitative estimate of drug-likeness (QED) is 0.420. The normalized spacial score (nSPS) is 20.7. The van der Waals surface area contributed by atoms with E-state index in [9.17, 15) is 14.3 Å². The second-order valence-electron chi connectivity index (χ2n) is 8.26. The summed E-state index contributed by atoms with van der Waals surface area (Å²) in [6, 6.07) is 4.71. The maximum Gasteiger partial charge on any atom is 0.220 e. The number of hydrogen-bond acceptors (Lipinski definition) is 5. The molecule has 7 heteroatoms. The fourth-order valence-electron chi connectivity index (χ4n) is 4.11. The summed E-state index contributed by atoms with van der Waals surface area (Å²) in [5.74, 6) is 1.14. The molecule has 30 heavy (non-hydrogen) atoms. The van der Waals surface area contributed by atoms with Crippen LogP contribution in [0.4, 0.5) is 4.39 Å². The van der Waals surface area contributed by atoms with E-state index in [1.165, 1.54) is 6.42 Å². The minimum atomic E-state index is -1.02. The van der Waals surface area contributed by atoms with Gasteiger partial charge in [-0.05, 0) is 37.0 Å². The topological polar surface area (TPSA) is 71.0 Å². The molecule has 3 rings (SSSR count). The van der Waals surface area contributed by atoms with Crippen LogP contribution in [0.25, 0.3) is 0 Å². The van der Waals surface area contributed by atoms with Gasteiger partial charge in [0.1, 0.15) is 19.3 Å². The van der Waals surface area contributed by atoms with Gasteiger partial charge in [0.15, 0.2) is 17.8 Å². The Labute approximate surface area is 178 Å². The lowest BCUT2D eigenvalue weighted by Gasteiger charge is -2.30. The highest BCUT2D eigenvalue weighted by Crippen LogP contribution is 2.34. The number of carbonyl (C=O) groups is 1. The van der Waals surface area contributed by atoms with Gasteiger partial charge in [0.2, 0.25) is 5.91 Å². The smallest absolute Gasteiger partial charge is 0.220 e. The van der Waals surface area contributed by atoms with Crippen LogP contribution in [-0.4, -0.2) is 54.6 Å². The Morgan fingerprint density at radius 1 is 1.23 bits per heavy atom. The van der Waals surface area contributed by atoms with Crippen LogP contribution in [0, 0.1) is 0 Å².